The third-order valence-electron chi connectivity index (χ3n) is 3.31. The van der Waals surface area contributed by atoms with E-state index in [1.165, 1.54) is 11.3 Å². The van der Waals surface area contributed by atoms with Gasteiger partial charge in [-0.05, 0) is 12.8 Å². The Labute approximate surface area is 116 Å². The van der Waals surface area contributed by atoms with Crippen LogP contribution in [0.1, 0.15) is 18.5 Å². The summed E-state index contributed by atoms with van der Waals surface area (Å²) in [6.45, 7) is 0. The zero-order valence-corrected chi connectivity index (χ0v) is 12.3. The predicted octanol–water partition coefficient (Wildman–Crippen LogP) is 0.303. The highest BCUT2D eigenvalue weighted by molar-refractivity contribution is 7.91. The number of carbonyl (C=O) groups is 1. The Balaban J connectivity index is 1.86. The van der Waals surface area contributed by atoms with Crippen LogP contribution in [-0.4, -0.2) is 48.8 Å². The number of nitrogens with two attached hydrogens (primary N) is 1. The first-order valence-electron chi connectivity index (χ1n) is 6.03. The molecule has 2 rings (SSSR count). The molecule has 6 nitrogen and oxygen atoms in total. The van der Waals surface area contributed by atoms with Crippen LogP contribution in [0.25, 0.3) is 0 Å². The summed E-state index contributed by atoms with van der Waals surface area (Å²) in [6.07, 6.45) is 1.40. The Morgan fingerprint density at radius 2 is 2.37 bits per heavy atom. The quantitative estimate of drug-likeness (QED) is 0.863. The largest absolute Gasteiger partial charge is 0.375 e. The highest BCUT2D eigenvalue weighted by Gasteiger charge is 2.32. The average molecular weight is 303 g/mol. The number of carbonyl (C=O) groups excluding carboxylic acids is 1. The van der Waals surface area contributed by atoms with Crippen molar-refractivity contribution in [3.8, 4) is 0 Å². The maximum absolute atomic E-state index is 12.0. The van der Waals surface area contributed by atoms with Gasteiger partial charge in [-0.15, -0.1) is 11.3 Å². The summed E-state index contributed by atoms with van der Waals surface area (Å²) in [7, 11) is -1.29. The van der Waals surface area contributed by atoms with E-state index in [4.69, 9.17) is 5.73 Å². The van der Waals surface area contributed by atoms with Crippen molar-refractivity contribution in [2.45, 2.75) is 25.3 Å². The molecule has 1 aliphatic rings. The molecule has 1 aliphatic heterocycles. The number of amides is 1. The van der Waals surface area contributed by atoms with Gasteiger partial charge in [-0.1, -0.05) is 0 Å². The van der Waals surface area contributed by atoms with Crippen molar-refractivity contribution in [1.29, 1.82) is 0 Å². The van der Waals surface area contributed by atoms with Gasteiger partial charge in [-0.2, -0.15) is 0 Å². The molecule has 0 saturated carbocycles. The minimum atomic E-state index is -2.96. The van der Waals surface area contributed by atoms with Crippen LogP contribution in [0.15, 0.2) is 5.38 Å². The molecule has 2 heterocycles. The summed E-state index contributed by atoms with van der Waals surface area (Å²) in [5, 5.41) is 2.33. The average Bonchev–Trinajstić information content (AvgIpc) is 2.91. The number of anilines is 1. The molecule has 19 heavy (non-hydrogen) atoms. The van der Waals surface area contributed by atoms with E-state index in [-0.39, 0.29) is 23.5 Å². The molecule has 1 unspecified atom stereocenters. The molecule has 106 valence electrons. The highest BCUT2D eigenvalue weighted by Crippen LogP contribution is 2.18. The number of hydrogen-bond acceptors (Lipinski definition) is 6. The predicted molar refractivity (Wildman–Crippen MR) is 74.7 cm³/mol. The van der Waals surface area contributed by atoms with Gasteiger partial charge in [0.15, 0.2) is 15.0 Å². The summed E-state index contributed by atoms with van der Waals surface area (Å²) >= 11 is 1.35. The Kier molecular flexibility index (Phi) is 4.10. The first-order valence-corrected chi connectivity index (χ1v) is 8.73. The van der Waals surface area contributed by atoms with Gasteiger partial charge in [-0.3, -0.25) is 4.79 Å². The van der Waals surface area contributed by atoms with E-state index in [9.17, 15) is 13.2 Å². The molecule has 0 aromatic carbocycles. The number of aryl methyl sites for hydroxylation is 1. The summed E-state index contributed by atoms with van der Waals surface area (Å²) in [5.41, 5.74) is 6.33. The minimum absolute atomic E-state index is 0.0475. The van der Waals surface area contributed by atoms with Gasteiger partial charge in [-0.25, -0.2) is 13.4 Å². The second-order valence-corrected chi connectivity index (χ2v) is 7.86. The fourth-order valence-corrected chi connectivity index (χ4v) is 4.50. The molecule has 8 heteroatoms. The fraction of sp³-hybridized carbons (Fsp3) is 0.636. The third kappa shape index (κ3) is 3.66. The Bertz CT molecular complexity index is 567. The lowest BCUT2D eigenvalue weighted by molar-refractivity contribution is -0.131. The number of nitrogens with zero attached hydrogens (tertiary/aromatic N) is 2. The lowest BCUT2D eigenvalue weighted by atomic mass is 10.2. The smallest absolute Gasteiger partial charge is 0.222 e. The molecule has 0 aliphatic carbocycles. The van der Waals surface area contributed by atoms with Crippen LogP contribution in [0.4, 0.5) is 5.13 Å². The molecular formula is C11H17N3O3S2. The molecule has 1 saturated heterocycles. The van der Waals surface area contributed by atoms with Gasteiger partial charge in [0.25, 0.3) is 0 Å². The lowest BCUT2D eigenvalue weighted by Gasteiger charge is -2.23. The maximum Gasteiger partial charge on any atom is 0.222 e. The molecule has 1 fully saturated rings. The summed E-state index contributed by atoms with van der Waals surface area (Å²) in [5.74, 6) is 0.213. The van der Waals surface area contributed by atoms with Gasteiger partial charge in [0, 0.05) is 24.9 Å². The fourth-order valence-electron chi connectivity index (χ4n) is 2.13. The van der Waals surface area contributed by atoms with Crippen LogP contribution in [0.5, 0.6) is 0 Å². The van der Waals surface area contributed by atoms with Gasteiger partial charge in [0.2, 0.25) is 5.91 Å². The van der Waals surface area contributed by atoms with Crippen molar-refractivity contribution in [2.75, 3.05) is 24.3 Å². The first kappa shape index (κ1) is 14.3. The molecule has 1 aromatic rings. The van der Waals surface area contributed by atoms with Crippen molar-refractivity contribution in [3.05, 3.63) is 11.1 Å². The van der Waals surface area contributed by atoms with Gasteiger partial charge in [0.1, 0.15) is 0 Å². The summed E-state index contributed by atoms with van der Waals surface area (Å²) in [6, 6.07) is -0.182. The van der Waals surface area contributed by atoms with E-state index in [1.807, 2.05) is 5.38 Å². The number of sulfone groups is 1. The van der Waals surface area contributed by atoms with Crippen molar-refractivity contribution in [3.63, 3.8) is 0 Å². The number of rotatable bonds is 4. The standard InChI is InChI=1S/C11H17N3O3S2/c1-14(9-4-5-19(16,17)7-9)10(15)3-2-8-6-18-11(12)13-8/h6,9H,2-5,7H2,1H3,(H2,12,13). The van der Waals surface area contributed by atoms with Crippen LogP contribution in [0.2, 0.25) is 0 Å². The van der Waals surface area contributed by atoms with Gasteiger partial charge < -0.3 is 10.6 Å². The SMILES string of the molecule is CN(C(=O)CCc1csc(N)n1)C1CCS(=O)(=O)C1. The summed E-state index contributed by atoms with van der Waals surface area (Å²) < 4.78 is 22.8. The second-order valence-electron chi connectivity index (χ2n) is 4.74. The van der Waals surface area contributed by atoms with Crippen LogP contribution >= 0.6 is 11.3 Å². The second kappa shape index (κ2) is 5.46. The highest BCUT2D eigenvalue weighted by atomic mass is 32.2. The van der Waals surface area contributed by atoms with Gasteiger partial charge >= 0.3 is 0 Å². The Hall–Kier alpha value is -1.15. The van der Waals surface area contributed by atoms with Crippen LogP contribution in [0, 0.1) is 0 Å². The van der Waals surface area contributed by atoms with E-state index >= 15 is 0 Å². The zero-order valence-electron chi connectivity index (χ0n) is 10.7. The molecule has 2 N–H and O–H groups in total. The summed E-state index contributed by atoms with van der Waals surface area (Å²) in [4.78, 5) is 17.6. The Morgan fingerprint density at radius 3 is 2.89 bits per heavy atom. The van der Waals surface area contributed by atoms with E-state index in [2.05, 4.69) is 4.98 Å². The third-order valence-corrected chi connectivity index (χ3v) is 5.79. The zero-order chi connectivity index (χ0) is 14.0. The number of thiazole rings is 1. The molecular weight excluding hydrogens is 286 g/mol. The van der Waals surface area contributed by atoms with Crippen molar-refractivity contribution in [1.82, 2.24) is 9.88 Å². The van der Waals surface area contributed by atoms with E-state index < -0.39 is 9.84 Å². The minimum Gasteiger partial charge on any atom is -0.375 e. The first-order chi connectivity index (χ1) is 8.87. The lowest BCUT2D eigenvalue weighted by Crippen LogP contribution is -2.37. The van der Waals surface area contributed by atoms with E-state index in [1.54, 1.807) is 11.9 Å². The maximum atomic E-state index is 12.0. The molecule has 1 aromatic heterocycles. The number of aromatic nitrogens is 1. The van der Waals surface area contributed by atoms with Crippen molar-refractivity contribution < 1.29 is 13.2 Å². The number of nitrogen functional groups attached to an aromatic ring is 1. The van der Waals surface area contributed by atoms with Crippen molar-refractivity contribution >= 4 is 32.2 Å². The van der Waals surface area contributed by atoms with E-state index in [0.29, 0.717) is 24.4 Å². The van der Waals surface area contributed by atoms with Gasteiger partial charge in [0.05, 0.1) is 17.2 Å². The van der Waals surface area contributed by atoms with Crippen LogP contribution in [-0.2, 0) is 21.1 Å². The topological polar surface area (TPSA) is 93.4 Å². The normalized spacial score (nSPS) is 21.4. The monoisotopic (exact) mass is 303 g/mol. The number of hydrogen-bond donors (Lipinski definition) is 1. The molecule has 1 amide bonds. The van der Waals surface area contributed by atoms with Crippen molar-refractivity contribution in [2.24, 2.45) is 0 Å². The van der Waals surface area contributed by atoms with Crippen LogP contribution in [0.3, 0.4) is 0 Å². The Morgan fingerprint density at radius 1 is 1.63 bits per heavy atom. The molecule has 0 radical (unpaired) electrons. The van der Waals surface area contributed by atoms with Crippen LogP contribution < -0.4 is 5.73 Å². The molecule has 1 atom stereocenters. The molecule has 0 bridgehead atoms. The molecule has 0 spiro atoms. The van der Waals surface area contributed by atoms with E-state index in [0.717, 1.165) is 5.69 Å².